The lowest BCUT2D eigenvalue weighted by Crippen LogP contribution is -2.21. The Balaban J connectivity index is 1.77. The number of halogens is 1. The smallest absolute Gasteiger partial charge is 0.271 e. The number of benzene rings is 3. The minimum Gasteiger partial charge on any atom is -0.483 e. The number of hydrogen-bond donors (Lipinski definition) is 2. The lowest BCUT2D eigenvalue weighted by Gasteiger charge is -2.13. The molecule has 0 unspecified atom stereocenters. The van der Waals surface area contributed by atoms with Gasteiger partial charge in [0.25, 0.3) is 17.5 Å². The molecule has 0 aliphatic rings. The second kappa shape index (κ2) is 11.8. The largest absolute Gasteiger partial charge is 0.483 e. The summed E-state index contributed by atoms with van der Waals surface area (Å²) >= 11 is 3.35. The Hall–Kier alpha value is -4.49. The number of non-ortho nitro benzene ring substituents is 1. The summed E-state index contributed by atoms with van der Waals surface area (Å²) in [6.07, 6.45) is 1.31. The Kier molecular flexibility index (Phi) is 8.54. The van der Waals surface area contributed by atoms with Crippen LogP contribution in [0.15, 0.2) is 70.7 Å². The molecule has 2 amide bonds. The first kappa shape index (κ1) is 26.1. The van der Waals surface area contributed by atoms with Gasteiger partial charge in [0.15, 0.2) is 6.61 Å². The quantitative estimate of drug-likeness (QED) is 0.164. The van der Waals surface area contributed by atoms with Gasteiger partial charge in [-0.3, -0.25) is 19.7 Å². The number of amides is 2. The number of aryl methyl sites for hydroxylation is 1. The fraction of sp³-hybridized carbons (Fsp3) is 0.115. The molecular weight excluding hydrogens is 528 g/mol. The molecule has 3 aromatic carbocycles. The number of nitrogens with one attached hydrogen (secondary N) is 2. The van der Waals surface area contributed by atoms with Crippen LogP contribution in [0.3, 0.4) is 0 Å². The summed E-state index contributed by atoms with van der Waals surface area (Å²) < 4.78 is 6.35. The monoisotopic (exact) mass is 548 g/mol. The molecule has 9 nitrogen and oxygen atoms in total. The molecule has 0 bridgehead atoms. The molecule has 3 rings (SSSR count). The third kappa shape index (κ3) is 6.77. The average Bonchev–Trinajstić information content (AvgIpc) is 2.84. The van der Waals surface area contributed by atoms with Crippen LogP contribution in [0.5, 0.6) is 5.75 Å². The van der Waals surface area contributed by atoms with Gasteiger partial charge in [0.1, 0.15) is 17.4 Å². The second-order valence-electron chi connectivity index (χ2n) is 7.70. The highest BCUT2D eigenvalue weighted by atomic mass is 79.9. The normalized spacial score (nSPS) is 10.8. The van der Waals surface area contributed by atoms with Crippen LogP contribution in [-0.4, -0.2) is 23.3 Å². The van der Waals surface area contributed by atoms with Crippen molar-refractivity contribution >= 4 is 50.9 Å². The van der Waals surface area contributed by atoms with Gasteiger partial charge in [0.2, 0.25) is 0 Å². The summed E-state index contributed by atoms with van der Waals surface area (Å²) in [5.74, 6) is -0.840. The molecule has 0 saturated carbocycles. The molecule has 10 heteroatoms. The maximum Gasteiger partial charge on any atom is 0.271 e. The van der Waals surface area contributed by atoms with Crippen molar-refractivity contribution < 1.29 is 19.2 Å². The van der Waals surface area contributed by atoms with Crippen LogP contribution in [0.2, 0.25) is 0 Å². The van der Waals surface area contributed by atoms with E-state index >= 15 is 0 Å². The molecule has 182 valence electrons. The van der Waals surface area contributed by atoms with Gasteiger partial charge in [0, 0.05) is 33.5 Å². The number of rotatable bonds is 8. The predicted molar refractivity (Wildman–Crippen MR) is 139 cm³/mol. The van der Waals surface area contributed by atoms with Crippen molar-refractivity contribution in [1.82, 2.24) is 0 Å². The predicted octanol–water partition coefficient (Wildman–Crippen LogP) is 5.54. The number of hydrogen-bond acceptors (Lipinski definition) is 6. The van der Waals surface area contributed by atoms with E-state index in [1.54, 1.807) is 24.3 Å². The van der Waals surface area contributed by atoms with Crippen molar-refractivity contribution in [3.8, 4) is 11.8 Å². The lowest BCUT2D eigenvalue weighted by atomic mass is 10.1. The molecule has 0 saturated heterocycles. The highest BCUT2D eigenvalue weighted by Crippen LogP contribution is 2.26. The van der Waals surface area contributed by atoms with E-state index in [1.807, 2.05) is 32.0 Å². The summed E-state index contributed by atoms with van der Waals surface area (Å²) in [4.78, 5) is 35.5. The van der Waals surface area contributed by atoms with Crippen LogP contribution in [0.1, 0.15) is 16.7 Å². The van der Waals surface area contributed by atoms with Gasteiger partial charge in [-0.2, -0.15) is 5.26 Å². The van der Waals surface area contributed by atoms with E-state index in [1.165, 1.54) is 30.3 Å². The van der Waals surface area contributed by atoms with Gasteiger partial charge >= 0.3 is 0 Å². The number of nitro benzene ring substituents is 1. The first-order valence-corrected chi connectivity index (χ1v) is 11.4. The number of nitriles is 1. The Morgan fingerprint density at radius 2 is 1.86 bits per heavy atom. The highest BCUT2D eigenvalue weighted by Gasteiger charge is 2.15. The average molecular weight is 549 g/mol. The van der Waals surface area contributed by atoms with Crippen molar-refractivity contribution in [2.45, 2.75) is 13.8 Å². The molecule has 0 fully saturated rings. The fourth-order valence-corrected chi connectivity index (χ4v) is 3.56. The first-order chi connectivity index (χ1) is 17.2. The van der Waals surface area contributed by atoms with E-state index in [9.17, 15) is 25.0 Å². The molecule has 0 spiro atoms. The van der Waals surface area contributed by atoms with Crippen molar-refractivity contribution in [3.05, 3.63) is 97.5 Å². The van der Waals surface area contributed by atoms with Gasteiger partial charge in [-0.25, -0.2) is 0 Å². The van der Waals surface area contributed by atoms with E-state index in [2.05, 4.69) is 26.6 Å². The van der Waals surface area contributed by atoms with Crippen LogP contribution >= 0.6 is 15.9 Å². The molecule has 0 aliphatic heterocycles. The van der Waals surface area contributed by atoms with Crippen LogP contribution in [0.4, 0.5) is 17.1 Å². The van der Waals surface area contributed by atoms with Gasteiger partial charge in [-0.05, 0) is 61.4 Å². The summed E-state index contributed by atoms with van der Waals surface area (Å²) in [6.45, 7) is 3.56. The number of nitrogens with zero attached hydrogens (tertiary/aromatic N) is 2. The Bertz CT molecular complexity index is 1410. The standard InChI is InChI=1S/C26H21BrN4O5/c1-16-5-3-8-23(17(16)2)30-25(32)15-36-24-10-9-20(27)12-18(24)11-19(14-28)26(33)29-21-6-4-7-22(13-21)31(34)35/h3-13H,15H2,1-2H3,(H,29,33)(H,30,32)/b19-11-. The topological polar surface area (TPSA) is 134 Å². The first-order valence-electron chi connectivity index (χ1n) is 10.6. The minimum atomic E-state index is -0.753. The Morgan fingerprint density at radius 1 is 1.11 bits per heavy atom. The SMILES string of the molecule is Cc1cccc(NC(=O)COc2ccc(Br)cc2/C=C(/C#N)C(=O)Nc2cccc([N+](=O)[O-])c2)c1C. The zero-order chi connectivity index (χ0) is 26.2. The molecule has 0 radical (unpaired) electrons. The minimum absolute atomic E-state index is 0.171. The Labute approximate surface area is 215 Å². The lowest BCUT2D eigenvalue weighted by molar-refractivity contribution is -0.384. The molecule has 2 N–H and O–H groups in total. The second-order valence-corrected chi connectivity index (χ2v) is 8.61. The molecule has 36 heavy (non-hydrogen) atoms. The van der Waals surface area contributed by atoms with Crippen molar-refractivity contribution in [1.29, 1.82) is 5.26 Å². The molecule has 3 aromatic rings. The van der Waals surface area contributed by atoms with Crippen molar-refractivity contribution in [3.63, 3.8) is 0 Å². The van der Waals surface area contributed by atoms with Crippen LogP contribution in [0.25, 0.3) is 6.08 Å². The van der Waals surface area contributed by atoms with Gasteiger partial charge in [-0.1, -0.05) is 34.1 Å². The number of anilines is 2. The van der Waals surface area contributed by atoms with Crippen molar-refractivity contribution in [2.24, 2.45) is 0 Å². The summed E-state index contributed by atoms with van der Waals surface area (Å²) in [6, 6.07) is 17.7. The number of carbonyl (C=O) groups is 2. The molecule has 0 heterocycles. The maximum atomic E-state index is 12.7. The van der Waals surface area contributed by atoms with E-state index < -0.39 is 10.8 Å². The number of nitro groups is 1. The number of ether oxygens (including phenoxy) is 1. The third-order valence-electron chi connectivity index (χ3n) is 5.19. The Morgan fingerprint density at radius 3 is 2.58 bits per heavy atom. The zero-order valence-corrected chi connectivity index (χ0v) is 21.0. The summed E-state index contributed by atoms with van der Waals surface area (Å²) in [5.41, 5.74) is 2.78. The van der Waals surface area contributed by atoms with Crippen molar-refractivity contribution in [2.75, 3.05) is 17.2 Å². The van der Waals surface area contributed by atoms with Crippen LogP contribution < -0.4 is 15.4 Å². The highest BCUT2D eigenvalue weighted by molar-refractivity contribution is 9.10. The van der Waals surface area contributed by atoms with Gasteiger partial charge in [-0.15, -0.1) is 0 Å². The van der Waals surface area contributed by atoms with Gasteiger partial charge < -0.3 is 15.4 Å². The maximum absolute atomic E-state index is 12.7. The van der Waals surface area contributed by atoms with E-state index in [0.717, 1.165) is 11.1 Å². The summed E-state index contributed by atoms with van der Waals surface area (Å²) in [5, 5.41) is 25.8. The molecule has 0 aliphatic carbocycles. The summed E-state index contributed by atoms with van der Waals surface area (Å²) in [7, 11) is 0. The fourth-order valence-electron chi connectivity index (χ4n) is 3.18. The third-order valence-corrected chi connectivity index (χ3v) is 5.68. The van der Waals surface area contributed by atoms with E-state index in [0.29, 0.717) is 15.7 Å². The van der Waals surface area contributed by atoms with E-state index in [-0.39, 0.29) is 35.2 Å². The molecule has 0 aromatic heterocycles. The molecular formula is C26H21BrN4O5. The van der Waals surface area contributed by atoms with Crippen LogP contribution in [-0.2, 0) is 9.59 Å². The van der Waals surface area contributed by atoms with Crippen LogP contribution in [0, 0.1) is 35.3 Å². The number of carbonyl (C=O) groups excluding carboxylic acids is 2. The zero-order valence-electron chi connectivity index (χ0n) is 19.4. The van der Waals surface area contributed by atoms with Gasteiger partial charge in [0.05, 0.1) is 4.92 Å². The van der Waals surface area contributed by atoms with E-state index in [4.69, 9.17) is 4.74 Å². The molecule has 0 atom stereocenters.